The molecule has 0 spiro atoms. The molecule has 1 N–H and O–H groups in total. The van der Waals surface area contributed by atoms with Crippen molar-refractivity contribution in [1.29, 1.82) is 0 Å². The Balaban J connectivity index is 2.55. The van der Waals surface area contributed by atoms with Crippen molar-refractivity contribution in [1.82, 2.24) is 0 Å². The van der Waals surface area contributed by atoms with E-state index in [0.717, 1.165) is 11.4 Å². The number of nitrogens with one attached hydrogen (secondary N) is 1. The summed E-state index contributed by atoms with van der Waals surface area (Å²) in [5.74, 6) is 0.374. The molecule has 16 heavy (non-hydrogen) atoms. The molecule has 0 aliphatic heterocycles. The number of benzene rings is 1. The van der Waals surface area contributed by atoms with Gasteiger partial charge in [0.1, 0.15) is 5.75 Å². The van der Waals surface area contributed by atoms with Crippen molar-refractivity contribution < 1.29 is 14.3 Å². The molecule has 0 aliphatic rings. The van der Waals surface area contributed by atoms with Gasteiger partial charge in [-0.1, -0.05) is 0 Å². The molecule has 1 aromatic rings. The van der Waals surface area contributed by atoms with Crippen molar-refractivity contribution in [2.24, 2.45) is 0 Å². The monoisotopic (exact) mass is 241 g/mol. The minimum Gasteiger partial charge on any atom is -0.497 e. The first-order chi connectivity index (χ1) is 7.67. The molecule has 0 fully saturated rings. The third kappa shape index (κ3) is 3.66. The van der Waals surface area contributed by atoms with Crippen LogP contribution in [0.15, 0.2) is 24.3 Å². The largest absolute Gasteiger partial charge is 0.497 e. The number of thiol groups is 1. The Morgan fingerprint density at radius 2 is 2.06 bits per heavy atom. The van der Waals surface area contributed by atoms with Crippen molar-refractivity contribution >= 4 is 24.3 Å². The summed E-state index contributed by atoms with van der Waals surface area (Å²) in [6, 6.07) is 7.21. The van der Waals surface area contributed by atoms with E-state index in [4.69, 9.17) is 9.47 Å². The summed E-state index contributed by atoms with van der Waals surface area (Å²) < 4.78 is 9.84. The molecule has 0 saturated carbocycles. The number of esters is 1. The van der Waals surface area contributed by atoms with Gasteiger partial charge in [0, 0.05) is 5.69 Å². The third-order valence-electron chi connectivity index (χ3n) is 1.90. The second-order valence-corrected chi connectivity index (χ2v) is 3.54. The summed E-state index contributed by atoms with van der Waals surface area (Å²) in [7, 11) is 1.60. The van der Waals surface area contributed by atoms with Crippen LogP contribution in [0.1, 0.15) is 6.92 Å². The Hall–Kier alpha value is -1.36. The van der Waals surface area contributed by atoms with E-state index in [1.165, 1.54) is 0 Å². The highest BCUT2D eigenvalue weighted by Gasteiger charge is 2.14. The molecule has 0 amide bonds. The maximum atomic E-state index is 11.3. The molecule has 1 rings (SSSR count). The molecular weight excluding hydrogens is 226 g/mol. The van der Waals surface area contributed by atoms with Crippen LogP contribution in [0.5, 0.6) is 5.75 Å². The Morgan fingerprint density at radius 3 is 2.56 bits per heavy atom. The van der Waals surface area contributed by atoms with Gasteiger partial charge in [-0.2, -0.15) is 0 Å². The first-order valence-electron chi connectivity index (χ1n) is 4.92. The summed E-state index contributed by atoms with van der Waals surface area (Å²) in [4.78, 5) is 11.3. The first-order valence-corrected chi connectivity index (χ1v) is 5.44. The lowest BCUT2D eigenvalue weighted by atomic mass is 10.3. The summed E-state index contributed by atoms with van der Waals surface area (Å²) in [6.07, 6.45) is 0. The SMILES string of the molecule is CCOC(=O)C(S)Nc1ccc(OC)cc1. The minimum absolute atomic E-state index is 0.347. The van der Waals surface area contributed by atoms with Crippen LogP contribution in [0.25, 0.3) is 0 Å². The highest BCUT2D eigenvalue weighted by molar-refractivity contribution is 7.81. The average Bonchev–Trinajstić information content (AvgIpc) is 2.30. The van der Waals surface area contributed by atoms with E-state index in [-0.39, 0.29) is 5.97 Å². The van der Waals surface area contributed by atoms with E-state index in [0.29, 0.717) is 6.61 Å². The Kier molecular flexibility index (Phi) is 4.98. The Labute approximate surface area is 100 Å². The molecule has 1 aromatic carbocycles. The summed E-state index contributed by atoms with van der Waals surface area (Å²) in [5.41, 5.74) is 0.786. The van der Waals surface area contributed by atoms with Crippen LogP contribution >= 0.6 is 12.6 Å². The zero-order chi connectivity index (χ0) is 12.0. The molecule has 88 valence electrons. The zero-order valence-corrected chi connectivity index (χ0v) is 10.2. The molecule has 0 aliphatic carbocycles. The summed E-state index contributed by atoms with van der Waals surface area (Å²) in [5, 5.41) is 2.25. The van der Waals surface area contributed by atoms with Gasteiger partial charge >= 0.3 is 5.97 Å². The molecular formula is C11H15NO3S. The molecule has 1 unspecified atom stereocenters. The fraction of sp³-hybridized carbons (Fsp3) is 0.364. The quantitative estimate of drug-likeness (QED) is 0.470. The lowest BCUT2D eigenvalue weighted by molar-refractivity contribution is -0.141. The van der Waals surface area contributed by atoms with E-state index in [1.807, 2.05) is 0 Å². The highest BCUT2D eigenvalue weighted by Crippen LogP contribution is 2.16. The van der Waals surface area contributed by atoms with E-state index in [2.05, 4.69) is 17.9 Å². The molecule has 0 bridgehead atoms. The molecule has 4 nitrogen and oxygen atoms in total. The van der Waals surface area contributed by atoms with Crippen molar-refractivity contribution in [2.45, 2.75) is 12.3 Å². The van der Waals surface area contributed by atoms with Gasteiger partial charge in [0.2, 0.25) is 0 Å². The van der Waals surface area contributed by atoms with Gasteiger partial charge in [-0.25, -0.2) is 4.79 Å². The van der Waals surface area contributed by atoms with Crippen LogP contribution < -0.4 is 10.1 Å². The second kappa shape index (κ2) is 6.27. The normalized spacial score (nSPS) is 11.7. The minimum atomic E-state index is -0.659. The Morgan fingerprint density at radius 1 is 1.44 bits per heavy atom. The lowest BCUT2D eigenvalue weighted by Crippen LogP contribution is -2.25. The van der Waals surface area contributed by atoms with E-state index in [9.17, 15) is 4.79 Å². The predicted molar refractivity (Wildman–Crippen MR) is 66.0 cm³/mol. The third-order valence-corrected chi connectivity index (χ3v) is 2.24. The number of ether oxygens (including phenoxy) is 2. The van der Waals surface area contributed by atoms with Gasteiger partial charge < -0.3 is 14.8 Å². The number of rotatable bonds is 5. The van der Waals surface area contributed by atoms with E-state index in [1.54, 1.807) is 38.3 Å². The number of carbonyl (C=O) groups is 1. The van der Waals surface area contributed by atoms with Gasteiger partial charge in [0.25, 0.3) is 0 Å². The fourth-order valence-corrected chi connectivity index (χ4v) is 1.35. The maximum absolute atomic E-state index is 11.3. The molecule has 5 heteroatoms. The number of carbonyl (C=O) groups excluding carboxylic acids is 1. The number of hydrogen-bond donors (Lipinski definition) is 2. The zero-order valence-electron chi connectivity index (χ0n) is 9.27. The first kappa shape index (κ1) is 12.7. The fourth-order valence-electron chi connectivity index (χ4n) is 1.13. The van der Waals surface area contributed by atoms with Crippen LogP contribution in [0.4, 0.5) is 5.69 Å². The number of hydrogen-bond acceptors (Lipinski definition) is 5. The topological polar surface area (TPSA) is 47.6 Å². The van der Waals surface area contributed by atoms with E-state index >= 15 is 0 Å². The average molecular weight is 241 g/mol. The van der Waals surface area contributed by atoms with Gasteiger partial charge in [0.05, 0.1) is 13.7 Å². The van der Waals surface area contributed by atoms with Crippen LogP contribution in [-0.2, 0) is 9.53 Å². The highest BCUT2D eigenvalue weighted by atomic mass is 32.1. The molecule has 0 radical (unpaired) electrons. The number of methoxy groups -OCH3 is 1. The predicted octanol–water partition coefficient (Wildman–Crippen LogP) is 1.93. The van der Waals surface area contributed by atoms with Crippen molar-refractivity contribution in [2.75, 3.05) is 19.0 Å². The summed E-state index contributed by atoms with van der Waals surface area (Å²) in [6.45, 7) is 2.10. The van der Waals surface area contributed by atoms with Crippen LogP contribution in [0.3, 0.4) is 0 Å². The summed E-state index contributed by atoms with van der Waals surface area (Å²) >= 11 is 4.10. The Bertz CT molecular complexity index is 340. The van der Waals surface area contributed by atoms with Gasteiger partial charge in [0.15, 0.2) is 5.37 Å². The number of anilines is 1. The smallest absolute Gasteiger partial charge is 0.338 e. The van der Waals surface area contributed by atoms with Crippen molar-refractivity contribution in [3.8, 4) is 5.75 Å². The molecule has 0 heterocycles. The van der Waals surface area contributed by atoms with Crippen LogP contribution in [0, 0.1) is 0 Å². The van der Waals surface area contributed by atoms with Crippen molar-refractivity contribution in [3.05, 3.63) is 24.3 Å². The van der Waals surface area contributed by atoms with Gasteiger partial charge in [-0.15, -0.1) is 12.6 Å². The second-order valence-electron chi connectivity index (χ2n) is 3.03. The van der Waals surface area contributed by atoms with Gasteiger partial charge in [-0.3, -0.25) is 0 Å². The van der Waals surface area contributed by atoms with Gasteiger partial charge in [-0.05, 0) is 31.2 Å². The molecule has 0 aromatic heterocycles. The maximum Gasteiger partial charge on any atom is 0.338 e. The standard InChI is InChI=1S/C11H15NO3S/c1-3-15-11(13)10(16)12-8-4-6-9(14-2)7-5-8/h4-7,10,12,16H,3H2,1-2H3. The van der Waals surface area contributed by atoms with E-state index < -0.39 is 5.37 Å². The lowest BCUT2D eigenvalue weighted by Gasteiger charge is -2.13. The van der Waals surface area contributed by atoms with Crippen molar-refractivity contribution in [3.63, 3.8) is 0 Å². The molecule has 1 atom stereocenters. The van der Waals surface area contributed by atoms with Crippen LogP contribution in [-0.4, -0.2) is 25.1 Å². The molecule has 0 saturated heterocycles. The van der Waals surface area contributed by atoms with Crippen LogP contribution in [0.2, 0.25) is 0 Å².